The monoisotopic (exact) mass is 415 g/mol. The van der Waals surface area contributed by atoms with Crippen molar-refractivity contribution < 1.29 is 13.2 Å². The molecule has 1 aliphatic rings. The lowest BCUT2D eigenvalue weighted by molar-refractivity contribution is -0.121. The van der Waals surface area contributed by atoms with Gasteiger partial charge in [0, 0.05) is 46.6 Å². The Morgan fingerprint density at radius 2 is 2.15 bits per heavy atom. The van der Waals surface area contributed by atoms with Gasteiger partial charge < -0.3 is 15.2 Å². The van der Waals surface area contributed by atoms with Gasteiger partial charge in [-0.15, -0.1) is 12.4 Å². The molecule has 0 aliphatic carbocycles. The molecule has 1 fully saturated rings. The first-order valence-electron chi connectivity index (χ1n) is 8.67. The van der Waals surface area contributed by atoms with Crippen molar-refractivity contribution in [3.05, 3.63) is 24.0 Å². The molecular weight excluding hydrogens is 390 g/mol. The van der Waals surface area contributed by atoms with E-state index in [-0.39, 0.29) is 29.3 Å². The second kappa shape index (κ2) is 8.55. The Hall–Kier alpha value is -1.68. The number of amides is 1. The van der Waals surface area contributed by atoms with Crippen molar-refractivity contribution in [2.45, 2.75) is 30.2 Å². The van der Waals surface area contributed by atoms with Crippen LogP contribution in [0.2, 0.25) is 0 Å². The maximum absolute atomic E-state index is 12.3. The van der Waals surface area contributed by atoms with Gasteiger partial charge in [-0.2, -0.15) is 0 Å². The fourth-order valence-corrected chi connectivity index (χ4v) is 4.05. The Bertz CT molecular complexity index is 920. The maximum atomic E-state index is 12.3. The van der Waals surface area contributed by atoms with Gasteiger partial charge in [-0.25, -0.2) is 17.7 Å². The number of halogens is 1. The van der Waals surface area contributed by atoms with Gasteiger partial charge in [0.05, 0.1) is 15.9 Å². The quantitative estimate of drug-likeness (QED) is 0.722. The summed E-state index contributed by atoms with van der Waals surface area (Å²) in [6.07, 6.45) is 1.82. The molecule has 1 saturated heterocycles. The topological polar surface area (TPSA) is 96.3 Å². The minimum atomic E-state index is -3.50. The maximum Gasteiger partial charge on any atom is 0.242 e. The zero-order valence-corrected chi connectivity index (χ0v) is 17.4. The van der Waals surface area contributed by atoms with Crippen molar-refractivity contribution in [1.29, 1.82) is 0 Å². The number of imidazole rings is 1. The van der Waals surface area contributed by atoms with Crippen molar-refractivity contribution in [2.24, 2.45) is 7.05 Å². The molecule has 150 valence electrons. The number of sulfonamides is 1. The second-order valence-electron chi connectivity index (χ2n) is 6.78. The van der Waals surface area contributed by atoms with E-state index in [4.69, 9.17) is 0 Å². The van der Waals surface area contributed by atoms with E-state index in [2.05, 4.69) is 15.6 Å². The fourth-order valence-electron chi connectivity index (χ4n) is 3.13. The third-order valence-electron chi connectivity index (χ3n) is 4.72. The van der Waals surface area contributed by atoms with Gasteiger partial charge in [0.1, 0.15) is 5.82 Å². The molecular formula is C17H26ClN5O3S. The van der Waals surface area contributed by atoms with E-state index in [9.17, 15) is 13.2 Å². The average molecular weight is 416 g/mol. The van der Waals surface area contributed by atoms with Crippen LogP contribution in [0.1, 0.15) is 18.7 Å². The lowest BCUT2D eigenvalue weighted by Crippen LogP contribution is -2.36. The number of carbonyl (C=O) groups excluding carboxylic acids is 1. The Kier molecular flexibility index (Phi) is 6.85. The molecule has 1 amide bonds. The van der Waals surface area contributed by atoms with E-state index in [0.29, 0.717) is 18.4 Å². The molecule has 1 aliphatic heterocycles. The van der Waals surface area contributed by atoms with Gasteiger partial charge in [0.15, 0.2) is 0 Å². The Morgan fingerprint density at radius 1 is 1.41 bits per heavy atom. The molecule has 2 aromatic rings. The zero-order valence-electron chi connectivity index (χ0n) is 15.7. The number of carbonyl (C=O) groups is 1. The summed E-state index contributed by atoms with van der Waals surface area (Å²) in [7, 11) is 1.39. The summed E-state index contributed by atoms with van der Waals surface area (Å²) < 4.78 is 27.7. The second-order valence-corrected chi connectivity index (χ2v) is 8.93. The van der Waals surface area contributed by atoms with Crippen LogP contribution >= 0.6 is 12.4 Å². The fraction of sp³-hybridized carbons (Fsp3) is 0.529. The van der Waals surface area contributed by atoms with E-state index in [1.165, 1.54) is 18.4 Å². The molecule has 10 heteroatoms. The molecule has 1 unspecified atom stereocenters. The number of aromatic nitrogens is 2. The minimum Gasteiger partial charge on any atom is -0.352 e. The molecule has 27 heavy (non-hydrogen) atoms. The van der Waals surface area contributed by atoms with Crippen molar-refractivity contribution in [3.8, 4) is 0 Å². The number of nitrogens with one attached hydrogen (secondary N) is 2. The highest BCUT2D eigenvalue weighted by Crippen LogP contribution is 2.21. The van der Waals surface area contributed by atoms with Gasteiger partial charge >= 0.3 is 0 Å². The first-order chi connectivity index (χ1) is 12.3. The number of hydrogen-bond acceptors (Lipinski definition) is 5. The zero-order chi connectivity index (χ0) is 18.9. The summed E-state index contributed by atoms with van der Waals surface area (Å²) in [5.41, 5.74) is 1.46. The molecule has 1 atom stereocenters. The van der Waals surface area contributed by atoms with Crippen molar-refractivity contribution in [2.75, 3.05) is 27.2 Å². The van der Waals surface area contributed by atoms with Gasteiger partial charge in [-0.1, -0.05) is 0 Å². The van der Waals surface area contributed by atoms with E-state index in [0.717, 1.165) is 30.9 Å². The number of aryl methyl sites for hydroxylation is 2. The number of nitrogens with zero attached hydrogens (tertiary/aromatic N) is 3. The minimum absolute atomic E-state index is 0. The van der Waals surface area contributed by atoms with E-state index >= 15 is 0 Å². The van der Waals surface area contributed by atoms with Crippen molar-refractivity contribution >= 4 is 39.4 Å². The number of fused-ring (bicyclic) bond motifs is 1. The van der Waals surface area contributed by atoms with Crippen molar-refractivity contribution in [1.82, 2.24) is 24.5 Å². The summed E-state index contributed by atoms with van der Waals surface area (Å²) in [4.78, 5) is 16.8. The van der Waals surface area contributed by atoms with Gasteiger partial charge in [0.2, 0.25) is 15.9 Å². The number of benzene rings is 1. The van der Waals surface area contributed by atoms with Gasteiger partial charge in [0.25, 0.3) is 0 Å². The molecule has 8 nitrogen and oxygen atoms in total. The highest BCUT2D eigenvalue weighted by Gasteiger charge is 2.20. The SMILES string of the molecule is CN(C)S(=O)(=O)c1ccc2c(c1)nc(CCC(=O)NC1CCNC1)n2C.Cl. The summed E-state index contributed by atoms with van der Waals surface area (Å²) in [6.45, 7) is 1.76. The van der Waals surface area contributed by atoms with Crippen LogP contribution in [0.3, 0.4) is 0 Å². The molecule has 1 aromatic heterocycles. The lowest BCUT2D eigenvalue weighted by atomic mass is 10.2. The smallest absolute Gasteiger partial charge is 0.242 e. The van der Waals surface area contributed by atoms with Crippen LogP contribution in [-0.4, -0.2) is 61.4 Å². The molecule has 3 rings (SSSR count). The van der Waals surface area contributed by atoms with Crippen LogP contribution in [0.25, 0.3) is 11.0 Å². The van der Waals surface area contributed by atoms with Crippen LogP contribution in [0.5, 0.6) is 0 Å². The molecule has 0 radical (unpaired) electrons. The first-order valence-corrected chi connectivity index (χ1v) is 10.1. The van der Waals surface area contributed by atoms with E-state index < -0.39 is 10.0 Å². The first kappa shape index (κ1) is 21.6. The molecule has 0 saturated carbocycles. The summed E-state index contributed by atoms with van der Waals surface area (Å²) in [5.74, 6) is 0.778. The highest BCUT2D eigenvalue weighted by atomic mass is 35.5. The normalized spacial score (nSPS) is 17.3. The van der Waals surface area contributed by atoms with Gasteiger partial charge in [-0.3, -0.25) is 4.79 Å². The predicted octanol–water partition coefficient (Wildman–Crippen LogP) is 0.656. The molecule has 0 spiro atoms. The van der Waals surface area contributed by atoms with Crippen LogP contribution in [0.4, 0.5) is 0 Å². The van der Waals surface area contributed by atoms with Gasteiger partial charge in [-0.05, 0) is 31.2 Å². The molecule has 2 heterocycles. The summed E-state index contributed by atoms with van der Waals surface area (Å²) in [6, 6.07) is 5.13. The molecule has 0 bridgehead atoms. The largest absolute Gasteiger partial charge is 0.352 e. The Morgan fingerprint density at radius 3 is 2.78 bits per heavy atom. The molecule has 2 N–H and O–H groups in total. The standard InChI is InChI=1S/C17H25N5O3S.ClH/c1-21(2)26(24,25)13-4-5-15-14(10-13)20-16(22(15)3)6-7-17(23)19-12-8-9-18-11-12;/h4-5,10,12,18H,6-9,11H2,1-3H3,(H,19,23);1H. The van der Waals surface area contributed by atoms with Crippen LogP contribution in [-0.2, 0) is 28.3 Å². The summed E-state index contributed by atoms with van der Waals surface area (Å²) in [5, 5.41) is 6.24. The molecule has 1 aromatic carbocycles. The third kappa shape index (κ3) is 4.60. The Balaban J connectivity index is 0.00000261. The number of hydrogen-bond donors (Lipinski definition) is 2. The predicted molar refractivity (Wildman–Crippen MR) is 107 cm³/mol. The van der Waals surface area contributed by atoms with Crippen LogP contribution in [0.15, 0.2) is 23.1 Å². The van der Waals surface area contributed by atoms with E-state index in [1.54, 1.807) is 18.2 Å². The van der Waals surface area contributed by atoms with E-state index in [1.807, 2.05) is 11.6 Å². The summed E-state index contributed by atoms with van der Waals surface area (Å²) >= 11 is 0. The lowest BCUT2D eigenvalue weighted by Gasteiger charge is -2.11. The van der Waals surface area contributed by atoms with Crippen molar-refractivity contribution in [3.63, 3.8) is 0 Å². The van der Waals surface area contributed by atoms with Crippen LogP contribution < -0.4 is 10.6 Å². The number of rotatable bonds is 6. The van der Waals surface area contributed by atoms with Crippen LogP contribution in [0, 0.1) is 0 Å². The third-order valence-corrected chi connectivity index (χ3v) is 6.54. The highest BCUT2D eigenvalue weighted by molar-refractivity contribution is 7.89. The average Bonchev–Trinajstić information content (AvgIpc) is 3.20. The Labute approximate surface area is 165 Å².